The van der Waals surface area contributed by atoms with Gasteiger partial charge in [-0.05, 0) is 35.4 Å². The molecule has 29 heavy (non-hydrogen) atoms. The maximum absolute atomic E-state index is 13.1. The minimum absolute atomic E-state index is 0.0529. The standard InChI is InChI=1S/C24H21NO4/c1-18(24(28)29-17-20-10-6-3-7-11-20)25(16-19-8-4-2-5-9-19)23(27)21-12-14-22(26)15-13-21/h2-15,26H,1,16-17H2. The van der Waals surface area contributed by atoms with Gasteiger partial charge in [0, 0.05) is 5.56 Å². The fourth-order valence-corrected chi connectivity index (χ4v) is 2.73. The summed E-state index contributed by atoms with van der Waals surface area (Å²) in [5.41, 5.74) is 1.96. The molecule has 0 fully saturated rings. The van der Waals surface area contributed by atoms with Crippen LogP contribution in [0.4, 0.5) is 0 Å². The highest BCUT2D eigenvalue weighted by molar-refractivity contribution is 6.00. The molecule has 3 aromatic carbocycles. The van der Waals surface area contributed by atoms with Crippen LogP contribution in [-0.2, 0) is 22.7 Å². The van der Waals surface area contributed by atoms with E-state index in [1.807, 2.05) is 60.7 Å². The van der Waals surface area contributed by atoms with Crippen molar-refractivity contribution in [2.75, 3.05) is 0 Å². The Labute approximate surface area is 169 Å². The fraction of sp³-hybridized carbons (Fsp3) is 0.0833. The molecule has 1 N–H and O–H groups in total. The van der Waals surface area contributed by atoms with Crippen molar-refractivity contribution in [2.24, 2.45) is 0 Å². The molecule has 0 radical (unpaired) electrons. The number of phenolic OH excluding ortho intramolecular Hbond substituents is 1. The second kappa shape index (κ2) is 9.37. The minimum atomic E-state index is -0.670. The molecule has 0 aromatic heterocycles. The zero-order valence-corrected chi connectivity index (χ0v) is 15.8. The number of ether oxygens (including phenoxy) is 1. The quantitative estimate of drug-likeness (QED) is 0.485. The third-order valence-electron chi connectivity index (χ3n) is 4.32. The van der Waals surface area contributed by atoms with Crippen molar-refractivity contribution in [1.29, 1.82) is 0 Å². The molecule has 0 unspecified atom stereocenters. The normalized spacial score (nSPS) is 10.2. The molecule has 0 saturated heterocycles. The number of carbonyl (C=O) groups is 2. The van der Waals surface area contributed by atoms with E-state index >= 15 is 0 Å². The highest BCUT2D eigenvalue weighted by Gasteiger charge is 2.24. The summed E-state index contributed by atoms with van der Waals surface area (Å²) in [4.78, 5) is 26.9. The summed E-state index contributed by atoms with van der Waals surface area (Å²) in [7, 11) is 0. The lowest BCUT2D eigenvalue weighted by molar-refractivity contribution is -0.141. The van der Waals surface area contributed by atoms with Crippen LogP contribution in [0, 0.1) is 0 Å². The predicted octanol–water partition coefficient (Wildman–Crippen LogP) is 4.29. The van der Waals surface area contributed by atoms with E-state index in [2.05, 4.69) is 6.58 Å². The third kappa shape index (κ3) is 5.32. The molecule has 146 valence electrons. The van der Waals surface area contributed by atoms with E-state index in [4.69, 9.17) is 4.74 Å². The second-order valence-corrected chi connectivity index (χ2v) is 6.43. The summed E-state index contributed by atoms with van der Waals surface area (Å²) >= 11 is 0. The van der Waals surface area contributed by atoms with Gasteiger partial charge in [0.05, 0.1) is 6.54 Å². The first-order valence-corrected chi connectivity index (χ1v) is 9.09. The van der Waals surface area contributed by atoms with Crippen molar-refractivity contribution >= 4 is 11.9 Å². The topological polar surface area (TPSA) is 66.8 Å². The lowest BCUT2D eigenvalue weighted by Crippen LogP contribution is -2.33. The molecular formula is C24H21NO4. The summed E-state index contributed by atoms with van der Waals surface area (Å²) in [5, 5.41) is 9.47. The maximum atomic E-state index is 13.1. The first-order chi connectivity index (χ1) is 14.0. The molecule has 0 aliphatic rings. The number of benzene rings is 3. The van der Waals surface area contributed by atoms with E-state index in [1.54, 1.807) is 0 Å². The van der Waals surface area contributed by atoms with Crippen molar-refractivity contribution < 1.29 is 19.4 Å². The molecule has 0 spiro atoms. The van der Waals surface area contributed by atoms with Gasteiger partial charge in [0.25, 0.3) is 5.91 Å². The Kier molecular flexibility index (Phi) is 6.43. The molecule has 5 heteroatoms. The Morgan fingerprint density at radius 3 is 1.97 bits per heavy atom. The van der Waals surface area contributed by atoms with Crippen LogP contribution >= 0.6 is 0 Å². The van der Waals surface area contributed by atoms with E-state index in [9.17, 15) is 14.7 Å². The Balaban J connectivity index is 1.79. The lowest BCUT2D eigenvalue weighted by atomic mass is 10.1. The SMILES string of the molecule is C=C(C(=O)OCc1ccccc1)N(Cc1ccccc1)C(=O)c1ccc(O)cc1. The average molecular weight is 387 g/mol. The van der Waals surface area contributed by atoms with Crippen molar-refractivity contribution in [3.05, 3.63) is 114 Å². The average Bonchev–Trinajstić information content (AvgIpc) is 2.77. The summed E-state index contributed by atoms with van der Waals surface area (Å²) in [6, 6.07) is 24.4. The van der Waals surface area contributed by atoms with Crippen LogP contribution in [-0.4, -0.2) is 21.9 Å². The zero-order valence-electron chi connectivity index (χ0n) is 15.8. The van der Waals surface area contributed by atoms with Gasteiger partial charge >= 0.3 is 5.97 Å². The van der Waals surface area contributed by atoms with Crippen molar-refractivity contribution in [1.82, 2.24) is 4.90 Å². The maximum Gasteiger partial charge on any atom is 0.354 e. The molecule has 0 saturated carbocycles. The van der Waals surface area contributed by atoms with Crippen molar-refractivity contribution in [3.8, 4) is 5.75 Å². The van der Waals surface area contributed by atoms with Gasteiger partial charge in [-0.25, -0.2) is 4.79 Å². The summed E-state index contributed by atoms with van der Waals surface area (Å²) < 4.78 is 5.34. The van der Waals surface area contributed by atoms with Crippen LogP contribution in [0.3, 0.4) is 0 Å². The van der Waals surface area contributed by atoms with Crippen LogP contribution in [0.2, 0.25) is 0 Å². The highest BCUT2D eigenvalue weighted by Crippen LogP contribution is 2.18. The predicted molar refractivity (Wildman–Crippen MR) is 110 cm³/mol. The molecule has 0 heterocycles. The summed E-state index contributed by atoms with van der Waals surface area (Å²) in [6.07, 6.45) is 0. The van der Waals surface area contributed by atoms with Gasteiger partial charge in [-0.1, -0.05) is 67.2 Å². The number of hydrogen-bond acceptors (Lipinski definition) is 4. The molecule has 0 atom stereocenters. The first-order valence-electron chi connectivity index (χ1n) is 9.09. The van der Waals surface area contributed by atoms with Crippen molar-refractivity contribution in [3.63, 3.8) is 0 Å². The first kappa shape index (κ1) is 19.9. The van der Waals surface area contributed by atoms with E-state index in [0.29, 0.717) is 5.56 Å². The van der Waals surface area contributed by atoms with Gasteiger partial charge in [0.15, 0.2) is 0 Å². The molecule has 3 rings (SSSR count). The molecule has 0 bridgehead atoms. The van der Waals surface area contributed by atoms with Gasteiger partial charge in [-0.15, -0.1) is 0 Å². The third-order valence-corrected chi connectivity index (χ3v) is 4.32. The Bertz CT molecular complexity index is 982. The fourth-order valence-electron chi connectivity index (χ4n) is 2.73. The van der Waals surface area contributed by atoms with Gasteiger partial charge < -0.3 is 9.84 Å². The number of nitrogens with zero attached hydrogens (tertiary/aromatic N) is 1. The number of amides is 1. The largest absolute Gasteiger partial charge is 0.508 e. The van der Waals surface area contributed by atoms with Crippen LogP contribution in [0.15, 0.2) is 97.2 Å². The van der Waals surface area contributed by atoms with Crippen LogP contribution in [0.5, 0.6) is 5.75 Å². The molecule has 0 aliphatic heterocycles. The van der Waals surface area contributed by atoms with Crippen molar-refractivity contribution in [2.45, 2.75) is 13.2 Å². The van der Waals surface area contributed by atoms with Gasteiger partial charge in [0.2, 0.25) is 0 Å². The van der Waals surface area contributed by atoms with Crippen LogP contribution in [0.1, 0.15) is 21.5 Å². The zero-order chi connectivity index (χ0) is 20.6. The number of aromatic hydroxyl groups is 1. The van der Waals surface area contributed by atoms with Gasteiger partial charge in [-0.3, -0.25) is 9.69 Å². The number of phenols is 1. The number of rotatable bonds is 7. The highest BCUT2D eigenvalue weighted by atomic mass is 16.5. The molecule has 1 amide bonds. The Hall–Kier alpha value is -3.86. The molecule has 3 aromatic rings. The molecule has 5 nitrogen and oxygen atoms in total. The Morgan fingerprint density at radius 2 is 1.38 bits per heavy atom. The van der Waals surface area contributed by atoms with E-state index in [1.165, 1.54) is 29.2 Å². The van der Waals surface area contributed by atoms with Gasteiger partial charge in [0.1, 0.15) is 18.1 Å². The lowest BCUT2D eigenvalue weighted by Gasteiger charge is -2.24. The molecular weight excluding hydrogens is 366 g/mol. The summed E-state index contributed by atoms with van der Waals surface area (Å²) in [5.74, 6) is -1.02. The van der Waals surface area contributed by atoms with E-state index in [-0.39, 0.29) is 24.6 Å². The second-order valence-electron chi connectivity index (χ2n) is 6.43. The van der Waals surface area contributed by atoms with Crippen LogP contribution < -0.4 is 0 Å². The smallest absolute Gasteiger partial charge is 0.354 e. The number of carbonyl (C=O) groups excluding carboxylic acids is 2. The minimum Gasteiger partial charge on any atom is -0.508 e. The van der Waals surface area contributed by atoms with E-state index in [0.717, 1.165) is 11.1 Å². The monoisotopic (exact) mass is 387 g/mol. The summed E-state index contributed by atoms with van der Waals surface area (Å²) in [6.45, 7) is 4.06. The number of esters is 1. The van der Waals surface area contributed by atoms with Gasteiger partial charge in [-0.2, -0.15) is 0 Å². The molecule has 0 aliphatic carbocycles. The van der Waals surface area contributed by atoms with Crippen LogP contribution in [0.25, 0.3) is 0 Å². The Morgan fingerprint density at radius 1 is 0.828 bits per heavy atom. The van der Waals surface area contributed by atoms with E-state index < -0.39 is 11.9 Å². The number of hydrogen-bond donors (Lipinski definition) is 1.